The van der Waals surface area contributed by atoms with Gasteiger partial charge >= 0.3 is 6.03 Å². The minimum absolute atomic E-state index is 0.0240. The lowest BCUT2D eigenvalue weighted by Gasteiger charge is -2.31. The number of aryl methyl sites for hydroxylation is 2. The van der Waals surface area contributed by atoms with E-state index in [9.17, 15) is 4.79 Å². The van der Waals surface area contributed by atoms with Crippen LogP contribution in [0, 0.1) is 19.8 Å². The van der Waals surface area contributed by atoms with Crippen LogP contribution in [0.2, 0.25) is 0 Å². The first-order valence-corrected chi connectivity index (χ1v) is 8.79. The third-order valence-corrected chi connectivity index (χ3v) is 5.17. The lowest BCUT2D eigenvalue weighted by molar-refractivity contribution is 0.131. The molecule has 24 heavy (non-hydrogen) atoms. The Morgan fingerprint density at radius 1 is 1.46 bits per heavy atom. The summed E-state index contributed by atoms with van der Waals surface area (Å²) in [6.45, 7) is 9.75. The number of aliphatic hydroxyl groups is 1. The van der Waals surface area contributed by atoms with Crippen LogP contribution >= 0.6 is 0 Å². The van der Waals surface area contributed by atoms with Crippen molar-refractivity contribution in [3.8, 4) is 0 Å². The third-order valence-electron chi connectivity index (χ3n) is 5.17. The molecule has 1 saturated heterocycles. The number of piperidine rings is 1. The molecule has 7 nitrogen and oxygen atoms in total. The van der Waals surface area contributed by atoms with Gasteiger partial charge in [-0.25, -0.2) is 4.79 Å². The molecule has 1 aliphatic heterocycles. The Labute approximate surface area is 144 Å². The number of hydrogen-bond acceptors (Lipinski definition) is 4. The maximum absolute atomic E-state index is 12.4. The van der Waals surface area contributed by atoms with Crippen molar-refractivity contribution in [3.05, 3.63) is 17.0 Å². The largest absolute Gasteiger partial charge is 0.396 e. The fourth-order valence-electron chi connectivity index (χ4n) is 3.38. The summed E-state index contributed by atoms with van der Waals surface area (Å²) in [6, 6.07) is -0.0863. The zero-order valence-corrected chi connectivity index (χ0v) is 15.3. The molecule has 1 atom stereocenters. The summed E-state index contributed by atoms with van der Waals surface area (Å²) >= 11 is 0. The van der Waals surface area contributed by atoms with Gasteiger partial charge in [-0.2, -0.15) is 5.10 Å². The average molecular weight is 337 g/mol. The van der Waals surface area contributed by atoms with Crippen molar-refractivity contribution in [2.75, 3.05) is 39.8 Å². The second-order valence-corrected chi connectivity index (χ2v) is 6.83. The van der Waals surface area contributed by atoms with Gasteiger partial charge in [0.2, 0.25) is 0 Å². The topological polar surface area (TPSA) is 84.5 Å². The van der Waals surface area contributed by atoms with Crippen molar-refractivity contribution in [3.63, 3.8) is 0 Å². The van der Waals surface area contributed by atoms with Gasteiger partial charge in [-0.15, -0.1) is 0 Å². The fourth-order valence-corrected chi connectivity index (χ4v) is 3.38. The maximum Gasteiger partial charge on any atom is 0.317 e. The van der Waals surface area contributed by atoms with Crippen molar-refractivity contribution in [1.82, 2.24) is 25.3 Å². The number of hydrogen-bond donors (Lipinski definition) is 3. The van der Waals surface area contributed by atoms with E-state index in [1.807, 2.05) is 27.8 Å². The van der Waals surface area contributed by atoms with Crippen LogP contribution in [0.25, 0.3) is 0 Å². The summed E-state index contributed by atoms with van der Waals surface area (Å²) in [4.78, 5) is 16.4. The number of aromatic amines is 1. The molecular weight excluding hydrogens is 306 g/mol. The molecule has 0 saturated carbocycles. The number of urea groups is 1. The highest BCUT2D eigenvalue weighted by atomic mass is 16.3. The summed E-state index contributed by atoms with van der Waals surface area (Å²) in [6.07, 6.45) is 2.08. The van der Waals surface area contributed by atoms with Crippen LogP contribution < -0.4 is 5.32 Å². The summed E-state index contributed by atoms with van der Waals surface area (Å²) in [5.41, 5.74) is 3.02. The first-order chi connectivity index (χ1) is 11.4. The first-order valence-electron chi connectivity index (χ1n) is 8.79. The molecule has 2 rings (SSSR count). The zero-order chi connectivity index (χ0) is 17.7. The standard InChI is InChI=1S/C17H31N5O2/c1-12-16(13(2)20-19-12)14(3)21(4)17(24)18-7-10-22-8-5-15(11-23)6-9-22/h14-15,23H,5-11H2,1-4H3,(H,18,24)(H,19,20). The van der Waals surface area contributed by atoms with Crippen LogP contribution in [0.1, 0.15) is 42.8 Å². The molecule has 1 aromatic heterocycles. The van der Waals surface area contributed by atoms with Gasteiger partial charge in [-0.05, 0) is 52.6 Å². The van der Waals surface area contributed by atoms with Gasteiger partial charge in [-0.3, -0.25) is 5.10 Å². The molecule has 0 bridgehead atoms. The van der Waals surface area contributed by atoms with Crippen molar-refractivity contribution in [1.29, 1.82) is 0 Å². The number of carbonyl (C=O) groups is 1. The van der Waals surface area contributed by atoms with E-state index in [1.54, 1.807) is 4.90 Å². The quantitative estimate of drug-likeness (QED) is 0.733. The molecule has 1 unspecified atom stereocenters. The Morgan fingerprint density at radius 2 is 2.12 bits per heavy atom. The molecule has 1 aromatic rings. The summed E-state index contributed by atoms with van der Waals surface area (Å²) in [7, 11) is 1.82. The Bertz CT molecular complexity index is 518. The summed E-state index contributed by atoms with van der Waals surface area (Å²) in [5.74, 6) is 0.448. The fraction of sp³-hybridized carbons (Fsp3) is 0.765. The van der Waals surface area contributed by atoms with Crippen molar-refractivity contribution < 1.29 is 9.90 Å². The van der Waals surface area contributed by atoms with E-state index in [2.05, 4.69) is 20.4 Å². The van der Waals surface area contributed by atoms with Crippen LogP contribution in [0.5, 0.6) is 0 Å². The lowest BCUT2D eigenvalue weighted by Crippen LogP contribution is -2.44. The summed E-state index contributed by atoms with van der Waals surface area (Å²) < 4.78 is 0. The predicted octanol–water partition coefficient (Wildman–Crippen LogP) is 1.43. The summed E-state index contributed by atoms with van der Waals surface area (Å²) in [5, 5.41) is 19.4. The third kappa shape index (κ3) is 4.48. The predicted molar refractivity (Wildman–Crippen MR) is 93.9 cm³/mol. The van der Waals surface area contributed by atoms with Crippen LogP contribution in [0.15, 0.2) is 0 Å². The smallest absolute Gasteiger partial charge is 0.317 e. The van der Waals surface area contributed by atoms with Gasteiger partial charge < -0.3 is 20.2 Å². The SMILES string of the molecule is Cc1n[nH]c(C)c1C(C)N(C)C(=O)NCCN1CCC(CO)CC1. The van der Waals surface area contributed by atoms with E-state index < -0.39 is 0 Å². The van der Waals surface area contributed by atoms with E-state index in [0.717, 1.165) is 49.4 Å². The number of carbonyl (C=O) groups excluding carboxylic acids is 1. The van der Waals surface area contributed by atoms with Crippen LogP contribution in [0.3, 0.4) is 0 Å². The van der Waals surface area contributed by atoms with Gasteiger partial charge in [0.15, 0.2) is 0 Å². The molecule has 3 N–H and O–H groups in total. The van der Waals surface area contributed by atoms with E-state index in [1.165, 1.54) is 0 Å². The first kappa shape index (κ1) is 18.7. The van der Waals surface area contributed by atoms with E-state index >= 15 is 0 Å². The number of rotatable bonds is 6. The Kier molecular flexibility index (Phi) is 6.62. The molecule has 1 fully saturated rings. The normalized spacial score (nSPS) is 17.7. The van der Waals surface area contributed by atoms with Crippen molar-refractivity contribution >= 4 is 6.03 Å². The van der Waals surface area contributed by atoms with Gasteiger partial charge in [0.1, 0.15) is 0 Å². The van der Waals surface area contributed by atoms with Gasteiger partial charge in [0, 0.05) is 38.0 Å². The molecule has 7 heteroatoms. The van der Waals surface area contributed by atoms with E-state index in [4.69, 9.17) is 5.11 Å². The van der Waals surface area contributed by atoms with Crippen LogP contribution in [0.4, 0.5) is 4.79 Å². The second-order valence-electron chi connectivity index (χ2n) is 6.83. The molecule has 2 amide bonds. The maximum atomic E-state index is 12.4. The molecule has 0 aromatic carbocycles. The minimum atomic E-state index is -0.0623. The van der Waals surface area contributed by atoms with Crippen LogP contribution in [-0.2, 0) is 0 Å². The molecule has 0 radical (unpaired) electrons. The molecule has 1 aliphatic rings. The van der Waals surface area contributed by atoms with Crippen molar-refractivity contribution in [2.24, 2.45) is 5.92 Å². The van der Waals surface area contributed by atoms with Crippen molar-refractivity contribution in [2.45, 2.75) is 39.7 Å². The molecule has 136 valence electrons. The lowest BCUT2D eigenvalue weighted by atomic mass is 9.98. The molecule has 0 spiro atoms. The number of aromatic nitrogens is 2. The number of nitrogens with one attached hydrogen (secondary N) is 2. The Morgan fingerprint density at radius 3 is 2.67 bits per heavy atom. The van der Waals surface area contributed by atoms with E-state index in [0.29, 0.717) is 19.1 Å². The van der Waals surface area contributed by atoms with Gasteiger partial charge in [0.25, 0.3) is 0 Å². The highest BCUT2D eigenvalue weighted by molar-refractivity contribution is 5.74. The Hall–Kier alpha value is -1.60. The van der Waals surface area contributed by atoms with E-state index in [-0.39, 0.29) is 12.1 Å². The average Bonchev–Trinajstić information content (AvgIpc) is 2.92. The van der Waals surface area contributed by atoms with Gasteiger partial charge in [-0.1, -0.05) is 0 Å². The number of aliphatic hydroxyl groups excluding tert-OH is 1. The minimum Gasteiger partial charge on any atom is -0.396 e. The Balaban J connectivity index is 1.76. The second kappa shape index (κ2) is 8.48. The van der Waals surface area contributed by atoms with Crippen LogP contribution in [-0.4, -0.2) is 71.0 Å². The molecule has 2 heterocycles. The highest BCUT2D eigenvalue weighted by Crippen LogP contribution is 2.23. The molecular formula is C17H31N5O2. The molecule has 0 aliphatic carbocycles. The number of H-pyrrole nitrogens is 1. The van der Waals surface area contributed by atoms with Gasteiger partial charge in [0.05, 0.1) is 11.7 Å². The zero-order valence-electron chi connectivity index (χ0n) is 15.3. The number of likely N-dealkylation sites (tertiary alicyclic amines) is 1. The monoisotopic (exact) mass is 337 g/mol. The number of amides is 2. The highest BCUT2D eigenvalue weighted by Gasteiger charge is 2.22. The number of nitrogens with zero attached hydrogens (tertiary/aromatic N) is 3.